The van der Waals surface area contributed by atoms with Crippen LogP contribution in [0.3, 0.4) is 0 Å². The van der Waals surface area contributed by atoms with Crippen molar-refractivity contribution in [3.8, 4) is 17.2 Å². The third kappa shape index (κ3) is 2.67. The molecule has 0 bridgehead atoms. The number of phenolic OH excluding ortho intramolecular Hbond substituents is 1. The van der Waals surface area contributed by atoms with Crippen LogP contribution in [0.4, 0.5) is 0 Å². The van der Waals surface area contributed by atoms with Crippen LogP contribution in [0, 0.1) is 6.92 Å². The molecule has 1 aliphatic heterocycles. The average molecular weight is 277 g/mol. The number of nitrogens with one attached hydrogen (secondary N) is 1. The molecule has 0 radical (unpaired) electrons. The fourth-order valence-electron chi connectivity index (χ4n) is 2.02. The predicted molar refractivity (Wildman–Crippen MR) is 73.8 cm³/mol. The number of aromatic hydroxyl groups is 1. The Morgan fingerprint density at radius 2 is 2.00 bits per heavy atom. The van der Waals surface area contributed by atoms with Crippen molar-refractivity contribution < 1.29 is 14.6 Å². The minimum Gasteiger partial charge on any atom is -0.507 e. The standard InChI is InChI=1S/C14H15NO3S/c1-9-2-3-11(19-9)7-15-6-10-4-13-14(5-12(10)16)18-8-17-13/h2-5,15-16H,6-8H2,1H3. The molecule has 19 heavy (non-hydrogen) atoms. The van der Waals surface area contributed by atoms with Crippen LogP contribution in [0.2, 0.25) is 0 Å². The lowest BCUT2D eigenvalue weighted by Gasteiger charge is -2.07. The fraction of sp³-hybridized carbons (Fsp3) is 0.286. The summed E-state index contributed by atoms with van der Waals surface area (Å²) in [5.41, 5.74) is 0.817. The summed E-state index contributed by atoms with van der Waals surface area (Å²) in [5.74, 6) is 1.54. The van der Waals surface area contributed by atoms with Gasteiger partial charge in [0.05, 0.1) is 0 Å². The first kappa shape index (κ1) is 12.3. The van der Waals surface area contributed by atoms with Crippen LogP contribution in [0.15, 0.2) is 24.3 Å². The lowest BCUT2D eigenvalue weighted by atomic mass is 10.1. The van der Waals surface area contributed by atoms with Gasteiger partial charge in [0.15, 0.2) is 11.5 Å². The highest BCUT2D eigenvalue weighted by Gasteiger charge is 2.16. The van der Waals surface area contributed by atoms with Gasteiger partial charge in [0.25, 0.3) is 0 Å². The van der Waals surface area contributed by atoms with Crippen molar-refractivity contribution in [1.29, 1.82) is 0 Å². The van der Waals surface area contributed by atoms with E-state index in [2.05, 4.69) is 24.4 Å². The Bertz CT molecular complexity index is 594. The molecule has 4 nitrogen and oxygen atoms in total. The van der Waals surface area contributed by atoms with Gasteiger partial charge < -0.3 is 19.9 Å². The molecule has 5 heteroatoms. The Balaban J connectivity index is 1.64. The summed E-state index contributed by atoms with van der Waals surface area (Å²) in [6.07, 6.45) is 0. The van der Waals surface area contributed by atoms with E-state index >= 15 is 0 Å². The Labute approximate surface area is 115 Å². The molecule has 0 fully saturated rings. The van der Waals surface area contributed by atoms with Gasteiger partial charge in [-0.2, -0.15) is 0 Å². The van der Waals surface area contributed by atoms with E-state index in [-0.39, 0.29) is 12.5 Å². The van der Waals surface area contributed by atoms with Gasteiger partial charge in [-0.05, 0) is 25.1 Å². The second kappa shape index (κ2) is 5.11. The van der Waals surface area contributed by atoms with E-state index in [1.165, 1.54) is 9.75 Å². The maximum absolute atomic E-state index is 9.90. The highest BCUT2D eigenvalue weighted by atomic mass is 32.1. The van der Waals surface area contributed by atoms with E-state index in [0.717, 1.165) is 12.1 Å². The highest BCUT2D eigenvalue weighted by Crippen LogP contribution is 2.37. The molecule has 1 aromatic carbocycles. The first-order valence-corrected chi connectivity index (χ1v) is 6.91. The van der Waals surface area contributed by atoms with Gasteiger partial charge in [0, 0.05) is 34.5 Å². The van der Waals surface area contributed by atoms with Gasteiger partial charge in [-0.15, -0.1) is 11.3 Å². The lowest BCUT2D eigenvalue weighted by Crippen LogP contribution is -2.11. The zero-order valence-electron chi connectivity index (χ0n) is 10.6. The van der Waals surface area contributed by atoms with Crippen molar-refractivity contribution in [1.82, 2.24) is 5.32 Å². The van der Waals surface area contributed by atoms with Crippen LogP contribution in [0.5, 0.6) is 17.2 Å². The Kier molecular flexibility index (Phi) is 3.31. The second-order valence-electron chi connectivity index (χ2n) is 4.45. The number of benzene rings is 1. The Morgan fingerprint density at radius 3 is 2.74 bits per heavy atom. The van der Waals surface area contributed by atoms with Crippen molar-refractivity contribution in [2.45, 2.75) is 20.0 Å². The maximum Gasteiger partial charge on any atom is 0.231 e. The van der Waals surface area contributed by atoms with Crippen LogP contribution in [-0.2, 0) is 13.1 Å². The predicted octanol–water partition coefficient (Wildman–Crippen LogP) is 2.78. The quantitative estimate of drug-likeness (QED) is 0.902. The van der Waals surface area contributed by atoms with Gasteiger partial charge >= 0.3 is 0 Å². The van der Waals surface area contributed by atoms with E-state index in [4.69, 9.17) is 9.47 Å². The van der Waals surface area contributed by atoms with Crippen LogP contribution in [-0.4, -0.2) is 11.9 Å². The molecule has 1 aromatic heterocycles. The van der Waals surface area contributed by atoms with E-state index < -0.39 is 0 Å². The molecule has 0 unspecified atom stereocenters. The summed E-state index contributed by atoms with van der Waals surface area (Å²) < 4.78 is 10.5. The SMILES string of the molecule is Cc1ccc(CNCc2cc3c(cc2O)OCO3)s1. The molecule has 0 spiro atoms. The summed E-state index contributed by atoms with van der Waals surface area (Å²) in [7, 11) is 0. The summed E-state index contributed by atoms with van der Waals surface area (Å²) >= 11 is 1.78. The summed E-state index contributed by atoms with van der Waals surface area (Å²) in [4.78, 5) is 2.60. The molecule has 3 rings (SSSR count). The monoisotopic (exact) mass is 277 g/mol. The normalized spacial score (nSPS) is 12.9. The first-order valence-electron chi connectivity index (χ1n) is 6.10. The van der Waals surface area contributed by atoms with Crippen molar-refractivity contribution in [3.63, 3.8) is 0 Å². The van der Waals surface area contributed by atoms with Crippen molar-refractivity contribution in [2.75, 3.05) is 6.79 Å². The maximum atomic E-state index is 9.90. The number of ether oxygens (including phenoxy) is 2. The van der Waals surface area contributed by atoms with Gasteiger partial charge in [0.2, 0.25) is 6.79 Å². The number of fused-ring (bicyclic) bond motifs is 1. The molecule has 0 saturated heterocycles. The minimum atomic E-state index is 0.222. The molecule has 2 heterocycles. The molecule has 0 amide bonds. The molecule has 100 valence electrons. The van der Waals surface area contributed by atoms with E-state index in [1.54, 1.807) is 17.4 Å². The van der Waals surface area contributed by atoms with Crippen molar-refractivity contribution >= 4 is 11.3 Å². The van der Waals surface area contributed by atoms with Gasteiger partial charge in [-0.3, -0.25) is 0 Å². The van der Waals surface area contributed by atoms with E-state index in [1.807, 2.05) is 6.07 Å². The first-order chi connectivity index (χ1) is 9.22. The number of hydrogen-bond donors (Lipinski definition) is 2. The second-order valence-corrected chi connectivity index (χ2v) is 5.82. The minimum absolute atomic E-state index is 0.222. The van der Waals surface area contributed by atoms with Crippen LogP contribution in [0.1, 0.15) is 15.3 Å². The topological polar surface area (TPSA) is 50.7 Å². The molecule has 0 atom stereocenters. The Hall–Kier alpha value is -1.72. The largest absolute Gasteiger partial charge is 0.507 e. The average Bonchev–Trinajstić information content (AvgIpc) is 2.98. The summed E-state index contributed by atoms with van der Waals surface area (Å²) in [6.45, 7) is 3.71. The third-order valence-electron chi connectivity index (χ3n) is 2.98. The summed E-state index contributed by atoms with van der Waals surface area (Å²) in [6, 6.07) is 7.66. The lowest BCUT2D eigenvalue weighted by molar-refractivity contribution is 0.174. The van der Waals surface area contributed by atoms with Crippen molar-refractivity contribution in [2.24, 2.45) is 0 Å². The van der Waals surface area contributed by atoms with Gasteiger partial charge in [0.1, 0.15) is 5.75 Å². The number of phenols is 1. The number of thiophene rings is 1. The molecule has 2 N–H and O–H groups in total. The van der Waals surface area contributed by atoms with Gasteiger partial charge in [-0.25, -0.2) is 0 Å². The molecule has 0 saturated carbocycles. The van der Waals surface area contributed by atoms with Crippen LogP contribution >= 0.6 is 11.3 Å². The van der Waals surface area contributed by atoms with Crippen LogP contribution in [0.25, 0.3) is 0 Å². The smallest absolute Gasteiger partial charge is 0.231 e. The van der Waals surface area contributed by atoms with E-state index in [0.29, 0.717) is 18.0 Å². The third-order valence-corrected chi connectivity index (χ3v) is 3.99. The zero-order chi connectivity index (χ0) is 13.2. The number of hydrogen-bond acceptors (Lipinski definition) is 5. The molecule has 2 aromatic rings. The number of aryl methyl sites for hydroxylation is 1. The molecular formula is C14H15NO3S. The van der Waals surface area contributed by atoms with E-state index in [9.17, 15) is 5.11 Å². The van der Waals surface area contributed by atoms with Crippen molar-refractivity contribution in [3.05, 3.63) is 39.6 Å². The van der Waals surface area contributed by atoms with Crippen LogP contribution < -0.4 is 14.8 Å². The molecule has 0 aliphatic carbocycles. The molecule has 1 aliphatic rings. The number of rotatable bonds is 4. The Morgan fingerprint density at radius 1 is 1.21 bits per heavy atom. The zero-order valence-corrected chi connectivity index (χ0v) is 11.4. The van der Waals surface area contributed by atoms with Gasteiger partial charge in [-0.1, -0.05) is 0 Å². The fourth-order valence-corrected chi connectivity index (χ4v) is 2.88. The summed E-state index contributed by atoms with van der Waals surface area (Å²) in [5, 5.41) is 13.2. The highest BCUT2D eigenvalue weighted by molar-refractivity contribution is 7.11. The molecular weight excluding hydrogens is 262 g/mol.